The van der Waals surface area contributed by atoms with Crippen LogP contribution < -0.4 is 5.73 Å². The summed E-state index contributed by atoms with van der Waals surface area (Å²) in [5.74, 6) is 0. The van der Waals surface area contributed by atoms with Crippen LogP contribution >= 0.6 is 12.2 Å². The van der Waals surface area contributed by atoms with Gasteiger partial charge < -0.3 is 10.7 Å². The molecule has 0 aliphatic carbocycles. The Morgan fingerprint density at radius 2 is 2.27 bits per heavy atom. The lowest BCUT2D eigenvalue weighted by atomic mass is 10.1. The maximum absolute atomic E-state index is 5.71. The van der Waals surface area contributed by atoms with Crippen molar-refractivity contribution in [2.75, 3.05) is 0 Å². The maximum atomic E-state index is 5.71. The van der Waals surface area contributed by atoms with E-state index >= 15 is 0 Å². The van der Waals surface area contributed by atoms with Gasteiger partial charge in [0, 0.05) is 12.2 Å². The summed E-state index contributed by atoms with van der Waals surface area (Å²) in [6, 6.07) is 2.00. The van der Waals surface area contributed by atoms with Gasteiger partial charge in [-0.2, -0.15) is 0 Å². The van der Waals surface area contributed by atoms with E-state index in [4.69, 9.17) is 18.0 Å². The Kier molecular flexibility index (Phi) is 2.42. The monoisotopic (exact) mass is 168 g/mol. The Morgan fingerprint density at radius 3 is 2.73 bits per heavy atom. The predicted molar refractivity (Wildman–Crippen MR) is 49.0 cm³/mol. The van der Waals surface area contributed by atoms with Crippen LogP contribution in [0.15, 0.2) is 12.3 Å². The third kappa shape index (κ3) is 1.88. The van der Waals surface area contributed by atoms with Gasteiger partial charge in [-0.1, -0.05) is 12.2 Å². The second-order valence-electron chi connectivity index (χ2n) is 2.72. The number of aryl methyl sites for hydroxylation is 1. The first kappa shape index (κ1) is 8.43. The van der Waals surface area contributed by atoms with E-state index in [0.29, 0.717) is 0 Å². The van der Waals surface area contributed by atoms with Gasteiger partial charge in [0.15, 0.2) is 0 Å². The quantitative estimate of drug-likeness (QED) is 0.630. The molecule has 1 aromatic heterocycles. The largest absolute Gasteiger partial charge is 0.353 e. The van der Waals surface area contributed by atoms with Gasteiger partial charge in [0.05, 0.1) is 0 Å². The van der Waals surface area contributed by atoms with Crippen LogP contribution in [0.2, 0.25) is 0 Å². The molecule has 1 rings (SSSR count). The molecule has 3 heteroatoms. The van der Waals surface area contributed by atoms with Crippen LogP contribution in [-0.4, -0.2) is 4.98 Å². The predicted octanol–water partition coefficient (Wildman–Crippen LogP) is 2.07. The molecule has 1 unspecified atom stereocenters. The van der Waals surface area contributed by atoms with E-state index in [0.717, 1.165) is 15.8 Å². The van der Waals surface area contributed by atoms with Gasteiger partial charge in [-0.15, -0.1) is 0 Å². The molecule has 11 heavy (non-hydrogen) atoms. The number of nitrogens with two attached hydrogens (primary N) is 1. The van der Waals surface area contributed by atoms with Gasteiger partial charge in [-0.25, -0.2) is 0 Å². The summed E-state index contributed by atoms with van der Waals surface area (Å²) in [5, 5.41) is 0. The Labute approximate surface area is 71.4 Å². The summed E-state index contributed by atoms with van der Waals surface area (Å²) in [6.45, 7) is 3.97. The molecule has 1 aromatic rings. The molecule has 0 spiro atoms. The highest BCUT2D eigenvalue weighted by molar-refractivity contribution is 7.71. The van der Waals surface area contributed by atoms with E-state index in [2.05, 4.69) is 4.98 Å². The number of nitrogens with one attached hydrogen (secondary N) is 1. The van der Waals surface area contributed by atoms with Crippen molar-refractivity contribution in [2.24, 2.45) is 5.73 Å². The molecular formula is C8H12N2S. The van der Waals surface area contributed by atoms with Gasteiger partial charge in [-0.3, -0.25) is 0 Å². The number of rotatable bonds is 1. The third-order valence-corrected chi connectivity index (χ3v) is 1.90. The number of pyridine rings is 1. The molecule has 0 aliphatic heterocycles. The molecule has 0 amide bonds. The van der Waals surface area contributed by atoms with Crippen molar-refractivity contribution >= 4 is 12.2 Å². The number of aromatic amines is 1. The van der Waals surface area contributed by atoms with Crippen LogP contribution in [0.3, 0.4) is 0 Å². The average Bonchev–Trinajstić information content (AvgIpc) is 1.85. The highest BCUT2D eigenvalue weighted by Gasteiger charge is 2.01. The minimum absolute atomic E-state index is 0.0712. The van der Waals surface area contributed by atoms with Crippen LogP contribution in [-0.2, 0) is 0 Å². The molecule has 0 saturated carbocycles. The minimum Gasteiger partial charge on any atom is -0.353 e. The Morgan fingerprint density at radius 1 is 1.64 bits per heavy atom. The molecule has 0 saturated heterocycles. The average molecular weight is 168 g/mol. The third-order valence-electron chi connectivity index (χ3n) is 1.66. The Hall–Kier alpha value is -0.670. The van der Waals surface area contributed by atoms with Crippen molar-refractivity contribution < 1.29 is 0 Å². The lowest BCUT2D eigenvalue weighted by Gasteiger charge is -2.07. The highest BCUT2D eigenvalue weighted by atomic mass is 32.1. The van der Waals surface area contributed by atoms with Crippen molar-refractivity contribution in [1.82, 2.24) is 4.98 Å². The van der Waals surface area contributed by atoms with Crippen LogP contribution in [0.25, 0.3) is 0 Å². The summed E-state index contributed by atoms with van der Waals surface area (Å²) in [6.07, 6.45) is 1.88. The molecule has 60 valence electrons. The number of H-pyrrole nitrogens is 1. The standard InChI is InChI=1S/C8H12N2S/c1-5-3-8(11)10-4-7(5)6(2)9/h3-4,6H,9H2,1-2H3,(H,10,11). The molecule has 0 fully saturated rings. The number of hydrogen-bond acceptors (Lipinski definition) is 2. The Bertz CT molecular complexity index is 301. The molecule has 2 nitrogen and oxygen atoms in total. The molecule has 0 aliphatic rings. The lowest BCUT2D eigenvalue weighted by molar-refractivity contribution is 0.802. The van der Waals surface area contributed by atoms with Crippen LogP contribution in [0.4, 0.5) is 0 Å². The first-order chi connectivity index (χ1) is 5.11. The van der Waals surface area contributed by atoms with E-state index < -0.39 is 0 Å². The first-order valence-electron chi connectivity index (χ1n) is 3.56. The van der Waals surface area contributed by atoms with E-state index in [1.807, 2.05) is 26.1 Å². The highest BCUT2D eigenvalue weighted by Crippen LogP contribution is 2.12. The second-order valence-corrected chi connectivity index (χ2v) is 3.16. The van der Waals surface area contributed by atoms with Crippen LogP contribution in [0.1, 0.15) is 24.1 Å². The fourth-order valence-corrected chi connectivity index (χ4v) is 1.31. The van der Waals surface area contributed by atoms with E-state index in [9.17, 15) is 0 Å². The van der Waals surface area contributed by atoms with Gasteiger partial charge in [0.2, 0.25) is 0 Å². The minimum atomic E-state index is 0.0712. The second kappa shape index (κ2) is 3.15. The lowest BCUT2D eigenvalue weighted by Crippen LogP contribution is -2.07. The first-order valence-corrected chi connectivity index (χ1v) is 3.97. The molecule has 1 heterocycles. The van der Waals surface area contributed by atoms with Crippen molar-refractivity contribution in [3.05, 3.63) is 28.0 Å². The zero-order valence-corrected chi connectivity index (χ0v) is 7.53. The van der Waals surface area contributed by atoms with E-state index in [1.54, 1.807) is 0 Å². The zero-order chi connectivity index (χ0) is 8.43. The fraction of sp³-hybridized carbons (Fsp3) is 0.375. The summed E-state index contributed by atoms with van der Waals surface area (Å²) in [7, 11) is 0. The van der Waals surface area contributed by atoms with Gasteiger partial charge in [0.25, 0.3) is 0 Å². The normalized spacial score (nSPS) is 13.0. The van der Waals surface area contributed by atoms with Gasteiger partial charge >= 0.3 is 0 Å². The summed E-state index contributed by atoms with van der Waals surface area (Å²) in [5.41, 5.74) is 7.99. The van der Waals surface area contributed by atoms with Crippen LogP contribution in [0.5, 0.6) is 0 Å². The van der Waals surface area contributed by atoms with Gasteiger partial charge in [0.1, 0.15) is 4.64 Å². The van der Waals surface area contributed by atoms with Crippen LogP contribution in [0, 0.1) is 11.6 Å². The SMILES string of the molecule is Cc1cc(=S)[nH]cc1C(C)N. The van der Waals surface area contributed by atoms with E-state index in [-0.39, 0.29) is 6.04 Å². The van der Waals surface area contributed by atoms with Crippen molar-refractivity contribution in [1.29, 1.82) is 0 Å². The van der Waals surface area contributed by atoms with Crippen molar-refractivity contribution in [3.63, 3.8) is 0 Å². The topological polar surface area (TPSA) is 41.8 Å². The number of aromatic nitrogens is 1. The van der Waals surface area contributed by atoms with Crippen molar-refractivity contribution in [2.45, 2.75) is 19.9 Å². The maximum Gasteiger partial charge on any atom is 0.103 e. The summed E-state index contributed by atoms with van der Waals surface area (Å²) >= 11 is 4.95. The molecule has 0 radical (unpaired) electrons. The summed E-state index contributed by atoms with van der Waals surface area (Å²) < 4.78 is 0.756. The van der Waals surface area contributed by atoms with Gasteiger partial charge in [-0.05, 0) is 31.0 Å². The number of hydrogen-bond donors (Lipinski definition) is 2. The van der Waals surface area contributed by atoms with E-state index in [1.165, 1.54) is 0 Å². The molecular weight excluding hydrogens is 156 g/mol. The molecule has 3 N–H and O–H groups in total. The molecule has 0 aromatic carbocycles. The molecule has 1 atom stereocenters. The summed E-state index contributed by atoms with van der Waals surface area (Å²) in [4.78, 5) is 2.96. The Balaban J connectivity index is 3.20. The smallest absolute Gasteiger partial charge is 0.103 e. The molecule has 0 bridgehead atoms. The van der Waals surface area contributed by atoms with Crippen molar-refractivity contribution in [3.8, 4) is 0 Å². The fourth-order valence-electron chi connectivity index (χ4n) is 1.07. The zero-order valence-electron chi connectivity index (χ0n) is 6.72.